The van der Waals surface area contributed by atoms with Crippen molar-refractivity contribution in [3.8, 4) is 11.4 Å². The molecular formula is C18H20F3N7O. The van der Waals surface area contributed by atoms with Gasteiger partial charge in [0.2, 0.25) is 11.5 Å². The first-order valence-electron chi connectivity index (χ1n) is 9.19. The number of fused-ring (bicyclic) bond motifs is 1. The Morgan fingerprint density at radius 1 is 1.24 bits per heavy atom. The van der Waals surface area contributed by atoms with Crippen LogP contribution in [0.2, 0.25) is 0 Å². The lowest BCUT2D eigenvalue weighted by Crippen LogP contribution is -2.40. The van der Waals surface area contributed by atoms with Gasteiger partial charge in [-0.3, -0.25) is 9.38 Å². The van der Waals surface area contributed by atoms with Crippen molar-refractivity contribution in [2.75, 3.05) is 18.4 Å². The van der Waals surface area contributed by atoms with Crippen LogP contribution in [0.3, 0.4) is 0 Å². The lowest BCUT2D eigenvalue weighted by atomic mass is 10.0. The second-order valence-corrected chi connectivity index (χ2v) is 7.17. The molecule has 1 fully saturated rings. The zero-order chi connectivity index (χ0) is 20.6. The molecule has 0 bridgehead atoms. The number of hydrogen-bond acceptors (Lipinski definition) is 7. The highest BCUT2D eigenvalue weighted by Crippen LogP contribution is 2.37. The van der Waals surface area contributed by atoms with E-state index in [1.807, 2.05) is 0 Å². The minimum absolute atomic E-state index is 0.207. The van der Waals surface area contributed by atoms with Crippen LogP contribution in [0, 0.1) is 0 Å². The first-order chi connectivity index (χ1) is 13.8. The van der Waals surface area contributed by atoms with Crippen LogP contribution in [-0.2, 0) is 5.60 Å². The van der Waals surface area contributed by atoms with Gasteiger partial charge in [0.05, 0.1) is 29.5 Å². The summed E-state index contributed by atoms with van der Waals surface area (Å²) in [5.74, 6) is 0.433. The number of piperidine rings is 1. The van der Waals surface area contributed by atoms with E-state index in [1.54, 1.807) is 12.3 Å². The van der Waals surface area contributed by atoms with E-state index in [0.29, 0.717) is 29.9 Å². The van der Waals surface area contributed by atoms with Crippen molar-refractivity contribution in [3.05, 3.63) is 36.5 Å². The number of halogens is 3. The minimum Gasteiger partial charge on any atom is -0.375 e. The molecule has 29 heavy (non-hydrogen) atoms. The summed E-state index contributed by atoms with van der Waals surface area (Å²) in [6.45, 7) is 2.46. The number of aromatic nitrogens is 5. The largest absolute Gasteiger partial charge is 0.422 e. The van der Waals surface area contributed by atoms with Crippen molar-refractivity contribution in [3.63, 3.8) is 0 Å². The summed E-state index contributed by atoms with van der Waals surface area (Å²) in [6.07, 6.45) is 2.58. The Labute approximate surface area is 164 Å². The van der Waals surface area contributed by atoms with Crippen molar-refractivity contribution >= 4 is 11.6 Å². The molecule has 3 N–H and O–H groups in total. The third kappa shape index (κ3) is 3.75. The first-order valence-corrected chi connectivity index (χ1v) is 9.19. The lowest BCUT2D eigenvalue weighted by Gasteiger charge is -2.25. The summed E-state index contributed by atoms with van der Waals surface area (Å²) in [4.78, 5) is 16.6. The number of nitrogens with one attached hydrogen (secondary N) is 2. The highest BCUT2D eigenvalue weighted by molar-refractivity contribution is 5.60. The maximum Gasteiger partial charge on any atom is 0.422 e. The van der Waals surface area contributed by atoms with E-state index in [-0.39, 0.29) is 6.04 Å². The van der Waals surface area contributed by atoms with E-state index in [2.05, 4.69) is 30.6 Å². The van der Waals surface area contributed by atoms with Gasteiger partial charge in [-0.05, 0) is 32.4 Å². The van der Waals surface area contributed by atoms with Crippen molar-refractivity contribution in [2.24, 2.45) is 0 Å². The van der Waals surface area contributed by atoms with Gasteiger partial charge in [-0.1, -0.05) is 0 Å². The SMILES string of the molecule is CC(O)(c1cn2c(-c3ccnc(N[C@@H]4CCCNC4)n3)cnc2cn1)C(F)(F)F. The average molecular weight is 407 g/mol. The van der Waals surface area contributed by atoms with Gasteiger partial charge in [0.1, 0.15) is 0 Å². The molecule has 0 aliphatic carbocycles. The third-order valence-electron chi connectivity index (χ3n) is 4.99. The fourth-order valence-electron chi connectivity index (χ4n) is 3.20. The summed E-state index contributed by atoms with van der Waals surface area (Å²) in [5.41, 5.74) is -2.32. The first kappa shape index (κ1) is 19.5. The molecule has 11 heteroatoms. The highest BCUT2D eigenvalue weighted by Gasteiger charge is 2.52. The molecule has 0 saturated carbocycles. The molecule has 3 aromatic rings. The summed E-state index contributed by atoms with van der Waals surface area (Å²) in [7, 11) is 0. The molecule has 1 aliphatic heterocycles. The maximum atomic E-state index is 13.2. The quantitative estimate of drug-likeness (QED) is 0.609. The summed E-state index contributed by atoms with van der Waals surface area (Å²) < 4.78 is 41.0. The molecule has 1 unspecified atom stereocenters. The molecule has 3 aromatic heterocycles. The molecule has 0 radical (unpaired) electrons. The number of rotatable bonds is 4. The number of alkyl halides is 3. The van der Waals surface area contributed by atoms with E-state index in [1.165, 1.54) is 16.8 Å². The van der Waals surface area contributed by atoms with Gasteiger partial charge in [0.25, 0.3) is 0 Å². The number of anilines is 1. The van der Waals surface area contributed by atoms with Crippen molar-refractivity contribution in [2.45, 2.75) is 37.6 Å². The number of aliphatic hydroxyl groups is 1. The predicted octanol–water partition coefficient (Wildman–Crippen LogP) is 2.12. The van der Waals surface area contributed by atoms with Crippen LogP contribution < -0.4 is 10.6 Å². The Morgan fingerprint density at radius 2 is 2.07 bits per heavy atom. The Balaban J connectivity index is 1.69. The molecule has 4 rings (SSSR count). The standard InChI is InChI=1S/C18H20F3N7O/c1-17(29,18(19,20)21)14-10-28-13(8-25-15(28)9-24-14)12-4-6-23-16(27-12)26-11-3-2-5-22-7-11/h4,6,8-11,22,29H,2-3,5,7H2,1H3,(H,23,26,27)/t11-,17?/m1/s1. The minimum atomic E-state index is -4.87. The smallest absolute Gasteiger partial charge is 0.375 e. The molecule has 0 aromatic carbocycles. The van der Waals surface area contributed by atoms with Crippen LogP contribution in [0.1, 0.15) is 25.5 Å². The summed E-state index contributed by atoms with van der Waals surface area (Å²) >= 11 is 0. The van der Waals surface area contributed by atoms with Crippen molar-refractivity contribution in [1.82, 2.24) is 29.7 Å². The van der Waals surface area contributed by atoms with Gasteiger partial charge in [-0.15, -0.1) is 0 Å². The van der Waals surface area contributed by atoms with Crippen LogP contribution >= 0.6 is 0 Å². The van der Waals surface area contributed by atoms with Gasteiger partial charge >= 0.3 is 6.18 Å². The van der Waals surface area contributed by atoms with Crippen LogP contribution in [0.4, 0.5) is 19.1 Å². The van der Waals surface area contributed by atoms with E-state index < -0.39 is 17.5 Å². The second-order valence-electron chi connectivity index (χ2n) is 7.17. The third-order valence-corrected chi connectivity index (χ3v) is 4.99. The van der Waals surface area contributed by atoms with E-state index in [9.17, 15) is 18.3 Å². The van der Waals surface area contributed by atoms with Gasteiger partial charge < -0.3 is 15.7 Å². The van der Waals surface area contributed by atoms with E-state index in [0.717, 1.165) is 32.1 Å². The fraction of sp³-hybridized carbons (Fsp3) is 0.444. The highest BCUT2D eigenvalue weighted by atomic mass is 19.4. The van der Waals surface area contributed by atoms with Gasteiger partial charge in [-0.2, -0.15) is 13.2 Å². The van der Waals surface area contributed by atoms with Crippen molar-refractivity contribution in [1.29, 1.82) is 0 Å². The molecule has 154 valence electrons. The van der Waals surface area contributed by atoms with Crippen LogP contribution in [0.25, 0.3) is 17.0 Å². The van der Waals surface area contributed by atoms with Crippen LogP contribution in [0.5, 0.6) is 0 Å². The van der Waals surface area contributed by atoms with Crippen molar-refractivity contribution < 1.29 is 18.3 Å². The van der Waals surface area contributed by atoms with E-state index in [4.69, 9.17) is 0 Å². The Kier molecular flexibility index (Phi) is 4.87. The molecule has 1 aliphatic rings. The fourth-order valence-corrected chi connectivity index (χ4v) is 3.20. The van der Waals surface area contributed by atoms with Crippen LogP contribution in [0.15, 0.2) is 30.9 Å². The zero-order valence-corrected chi connectivity index (χ0v) is 15.6. The molecule has 8 nitrogen and oxygen atoms in total. The number of imidazole rings is 1. The lowest BCUT2D eigenvalue weighted by molar-refractivity contribution is -0.260. The Hall–Kier alpha value is -2.79. The second kappa shape index (κ2) is 7.23. The number of hydrogen-bond donors (Lipinski definition) is 3. The van der Waals surface area contributed by atoms with Gasteiger partial charge in [-0.25, -0.2) is 15.0 Å². The molecule has 0 spiro atoms. The van der Waals surface area contributed by atoms with Crippen LogP contribution in [-0.4, -0.2) is 54.8 Å². The average Bonchev–Trinajstić information content (AvgIpc) is 3.11. The Bertz CT molecular complexity index is 1010. The zero-order valence-electron chi connectivity index (χ0n) is 15.6. The predicted molar refractivity (Wildman–Crippen MR) is 99.2 cm³/mol. The van der Waals surface area contributed by atoms with E-state index >= 15 is 0 Å². The molecule has 4 heterocycles. The molecule has 2 atom stereocenters. The topological polar surface area (TPSA) is 100 Å². The Morgan fingerprint density at radius 3 is 2.79 bits per heavy atom. The molecule has 0 amide bonds. The molecule has 1 saturated heterocycles. The summed E-state index contributed by atoms with van der Waals surface area (Å²) in [6, 6.07) is 1.86. The maximum absolute atomic E-state index is 13.2. The van der Waals surface area contributed by atoms with Gasteiger partial charge in [0, 0.05) is 25.0 Å². The number of nitrogens with zero attached hydrogens (tertiary/aromatic N) is 5. The summed E-state index contributed by atoms with van der Waals surface area (Å²) in [5, 5.41) is 16.5. The van der Waals surface area contributed by atoms with Gasteiger partial charge in [0.15, 0.2) is 5.65 Å². The normalized spacial score (nSPS) is 19.8. The monoisotopic (exact) mass is 407 g/mol. The molecular weight excluding hydrogens is 387 g/mol.